The predicted octanol–water partition coefficient (Wildman–Crippen LogP) is -2.42. The van der Waals surface area contributed by atoms with E-state index >= 15 is 0 Å². The second kappa shape index (κ2) is 25.7. The van der Waals surface area contributed by atoms with E-state index < -0.39 is 83.5 Å². The van der Waals surface area contributed by atoms with Gasteiger partial charge in [0.15, 0.2) is 5.96 Å². The van der Waals surface area contributed by atoms with E-state index in [4.69, 9.17) is 34.5 Å². The third-order valence-corrected chi connectivity index (χ3v) is 9.39. The Balaban J connectivity index is 2.59. The highest BCUT2D eigenvalue weighted by Gasteiger charge is 2.33. The Kier molecular flexibility index (Phi) is 21.5. The van der Waals surface area contributed by atoms with E-state index in [1.165, 1.54) is 6.92 Å². The van der Waals surface area contributed by atoms with Crippen molar-refractivity contribution in [1.82, 2.24) is 37.2 Å². The summed E-state index contributed by atoms with van der Waals surface area (Å²) in [6, 6.07) is -0.950. The van der Waals surface area contributed by atoms with Crippen LogP contribution < -0.4 is 60.2 Å². The van der Waals surface area contributed by atoms with Crippen LogP contribution in [0.15, 0.2) is 29.3 Å². The molecule has 2 rings (SSSR count). The normalized spacial score (nSPS) is 21.9. The summed E-state index contributed by atoms with van der Waals surface area (Å²) in [5.41, 5.74) is 22.8. The number of nitrogens with one attached hydrogen (secondary N) is 7. The summed E-state index contributed by atoms with van der Waals surface area (Å²) in [6.45, 7) is 3.30. The number of nitrogens with zero attached hydrogens (tertiary/aromatic N) is 1. The van der Waals surface area contributed by atoms with E-state index in [-0.39, 0.29) is 83.4 Å². The Bertz CT molecular complexity index is 1610. The van der Waals surface area contributed by atoms with Crippen LogP contribution in [-0.4, -0.2) is 109 Å². The zero-order chi connectivity index (χ0) is 43.2. The number of hydrogen-bond acceptors (Lipinski definition) is 10. The van der Waals surface area contributed by atoms with Crippen molar-refractivity contribution in [3.63, 3.8) is 0 Å². The summed E-state index contributed by atoms with van der Waals surface area (Å²) in [6.07, 6.45) is 1.40. The quantitative estimate of drug-likeness (QED) is 0.0473. The van der Waals surface area contributed by atoms with Crippen molar-refractivity contribution in [2.45, 2.75) is 121 Å². The number of halogens is 1. The third-order valence-electron chi connectivity index (χ3n) is 9.14. The number of amides is 8. The molecule has 0 aromatic heterocycles. The molecule has 1 aromatic carbocycles. The molecule has 0 bridgehead atoms. The second-order valence-electron chi connectivity index (χ2n) is 14.0. The van der Waals surface area contributed by atoms with Crippen molar-refractivity contribution < 1.29 is 38.4 Å². The highest BCUT2D eigenvalue weighted by Crippen LogP contribution is 2.13. The van der Waals surface area contributed by atoms with Crippen LogP contribution in [0.5, 0.6) is 0 Å². The van der Waals surface area contributed by atoms with Gasteiger partial charge in [0.05, 0.1) is 0 Å². The molecule has 21 heteroatoms. The van der Waals surface area contributed by atoms with Crippen molar-refractivity contribution in [3.05, 3.63) is 34.9 Å². The highest BCUT2D eigenvalue weighted by atomic mass is 35.5. The molecule has 0 spiro atoms. The Labute approximate surface area is 342 Å². The van der Waals surface area contributed by atoms with Crippen molar-refractivity contribution in [1.29, 1.82) is 0 Å². The zero-order valence-corrected chi connectivity index (χ0v) is 33.8. The van der Waals surface area contributed by atoms with Gasteiger partial charge < -0.3 is 60.2 Å². The lowest BCUT2D eigenvalue weighted by Crippen LogP contribution is -2.60. The van der Waals surface area contributed by atoms with E-state index in [2.05, 4.69) is 42.2 Å². The van der Waals surface area contributed by atoms with Crippen LogP contribution in [0.3, 0.4) is 0 Å². The van der Waals surface area contributed by atoms with Gasteiger partial charge in [0, 0.05) is 37.9 Å². The molecular weight excluding hydrogens is 776 g/mol. The summed E-state index contributed by atoms with van der Waals surface area (Å²) in [7, 11) is 0. The standard InChI is InChI=1S/C37H59ClN12O8/c1-3-4-7-25(45-21(2)51)32(54)49-28-14-15-30(52)43-19-16-24(31(40)53)46-33(55)27(9-6-18-44-37(41)42)48-36(58)29(20-22-10-12-23(38)13-11-22)50-34(56)26(8-5-17-39)47-35(28)57/h10-13,24-29H,3-9,14-20,39H2,1-2H3,(H2,40,53)(H,43,52)(H,45,51)(H,46,55)(H,47,57)(H,48,58)(H,49,54)(H,50,56)(H4,41,42,44). The summed E-state index contributed by atoms with van der Waals surface area (Å²) in [5, 5.41) is 18.8. The molecule has 15 N–H and O–H groups in total. The number of carbonyl (C=O) groups is 8. The number of benzene rings is 1. The molecule has 20 nitrogen and oxygen atoms in total. The molecule has 1 heterocycles. The molecule has 0 aliphatic carbocycles. The van der Waals surface area contributed by atoms with Crippen LogP contribution in [0.1, 0.15) is 83.6 Å². The first-order chi connectivity index (χ1) is 27.5. The third kappa shape index (κ3) is 18.2. The first kappa shape index (κ1) is 48.6. The minimum atomic E-state index is -1.35. The monoisotopic (exact) mass is 834 g/mol. The number of unbranched alkanes of at least 4 members (excludes halogenated alkanes) is 1. The summed E-state index contributed by atoms with van der Waals surface area (Å²) in [5.74, 6) is -5.92. The molecule has 1 aliphatic heterocycles. The second-order valence-corrected chi connectivity index (χ2v) is 14.4. The molecule has 8 amide bonds. The van der Waals surface area contributed by atoms with E-state index in [9.17, 15) is 38.4 Å². The molecule has 322 valence electrons. The molecule has 1 saturated heterocycles. The molecule has 6 unspecified atom stereocenters. The van der Waals surface area contributed by atoms with Gasteiger partial charge in [-0.2, -0.15) is 0 Å². The van der Waals surface area contributed by atoms with Gasteiger partial charge >= 0.3 is 0 Å². The molecule has 1 fully saturated rings. The number of guanidine groups is 1. The van der Waals surface area contributed by atoms with Gasteiger partial charge in [-0.3, -0.25) is 43.3 Å². The maximum Gasteiger partial charge on any atom is 0.243 e. The zero-order valence-electron chi connectivity index (χ0n) is 33.1. The minimum Gasteiger partial charge on any atom is -0.370 e. The average Bonchev–Trinajstić information content (AvgIpc) is 3.16. The van der Waals surface area contributed by atoms with Gasteiger partial charge in [-0.25, -0.2) is 0 Å². The average molecular weight is 835 g/mol. The van der Waals surface area contributed by atoms with Crippen molar-refractivity contribution in [2.24, 2.45) is 27.9 Å². The van der Waals surface area contributed by atoms with Crippen LogP contribution in [0.2, 0.25) is 5.02 Å². The fourth-order valence-electron chi connectivity index (χ4n) is 5.99. The fraction of sp³-hybridized carbons (Fsp3) is 0.595. The Morgan fingerprint density at radius 3 is 2.05 bits per heavy atom. The number of aliphatic imine (C=N–C) groups is 1. The molecule has 6 atom stereocenters. The summed E-state index contributed by atoms with van der Waals surface area (Å²) < 4.78 is 0. The Morgan fingerprint density at radius 2 is 1.45 bits per heavy atom. The lowest BCUT2D eigenvalue weighted by atomic mass is 10.0. The van der Waals surface area contributed by atoms with Crippen LogP contribution in [-0.2, 0) is 44.8 Å². The van der Waals surface area contributed by atoms with Crippen LogP contribution in [0.25, 0.3) is 0 Å². The van der Waals surface area contributed by atoms with Gasteiger partial charge in [-0.1, -0.05) is 43.5 Å². The van der Waals surface area contributed by atoms with Gasteiger partial charge in [-0.05, 0) is 69.2 Å². The Morgan fingerprint density at radius 1 is 0.845 bits per heavy atom. The largest absolute Gasteiger partial charge is 0.370 e. The van der Waals surface area contributed by atoms with E-state index in [0.29, 0.717) is 17.0 Å². The number of hydrogen-bond donors (Lipinski definition) is 11. The van der Waals surface area contributed by atoms with Crippen molar-refractivity contribution in [2.75, 3.05) is 19.6 Å². The number of nitrogens with two attached hydrogens (primary N) is 4. The van der Waals surface area contributed by atoms with Gasteiger partial charge in [0.2, 0.25) is 47.3 Å². The van der Waals surface area contributed by atoms with Gasteiger partial charge in [0.1, 0.15) is 36.3 Å². The van der Waals surface area contributed by atoms with E-state index in [0.717, 1.165) is 6.42 Å². The molecule has 0 radical (unpaired) electrons. The lowest BCUT2D eigenvalue weighted by molar-refractivity contribution is -0.135. The first-order valence-corrected chi connectivity index (χ1v) is 19.8. The number of carbonyl (C=O) groups excluding carboxylic acids is 8. The molecule has 1 aromatic rings. The predicted molar refractivity (Wildman–Crippen MR) is 216 cm³/mol. The van der Waals surface area contributed by atoms with Crippen LogP contribution in [0.4, 0.5) is 0 Å². The lowest BCUT2D eigenvalue weighted by Gasteiger charge is -2.27. The molecule has 58 heavy (non-hydrogen) atoms. The van der Waals surface area contributed by atoms with E-state index in [1.807, 2.05) is 6.92 Å². The topological polar surface area (TPSA) is 337 Å². The maximum atomic E-state index is 14.1. The molecule has 1 aliphatic rings. The van der Waals surface area contributed by atoms with Crippen LogP contribution in [0, 0.1) is 0 Å². The SMILES string of the molecule is CCCCC(NC(C)=O)C(=O)NC1CCC(=O)NCCC(C(N)=O)NC(=O)C(CCCN=C(N)N)NC(=O)C(Cc2ccc(Cl)cc2)NC(=O)C(CCCN)NC1=O. The maximum absolute atomic E-state index is 14.1. The van der Waals surface area contributed by atoms with Crippen molar-refractivity contribution >= 4 is 64.8 Å². The van der Waals surface area contributed by atoms with Crippen LogP contribution >= 0.6 is 11.6 Å². The van der Waals surface area contributed by atoms with Gasteiger partial charge in [0.25, 0.3) is 0 Å². The number of primary amides is 1. The number of rotatable bonds is 16. The molecule has 0 saturated carbocycles. The van der Waals surface area contributed by atoms with Crippen molar-refractivity contribution in [3.8, 4) is 0 Å². The first-order valence-electron chi connectivity index (χ1n) is 19.4. The van der Waals surface area contributed by atoms with E-state index in [1.54, 1.807) is 24.3 Å². The summed E-state index contributed by atoms with van der Waals surface area (Å²) in [4.78, 5) is 110. The highest BCUT2D eigenvalue weighted by molar-refractivity contribution is 6.30. The Hall–Kier alpha value is -5.50. The summed E-state index contributed by atoms with van der Waals surface area (Å²) >= 11 is 6.09. The molecular formula is C37H59ClN12O8. The fourth-order valence-corrected chi connectivity index (χ4v) is 6.11. The van der Waals surface area contributed by atoms with Gasteiger partial charge in [-0.15, -0.1) is 0 Å². The smallest absolute Gasteiger partial charge is 0.243 e. The minimum absolute atomic E-state index is 0.00170.